The fraction of sp³-hybridized carbons (Fsp3) is 0.182. The van der Waals surface area contributed by atoms with Crippen molar-refractivity contribution in [2.45, 2.75) is 32.3 Å². The number of aliphatic imine (C=N–C) groups is 1. The van der Waals surface area contributed by atoms with Crippen LogP contribution in [0, 0.1) is 5.92 Å². The molecule has 2 aliphatic carbocycles. The van der Waals surface area contributed by atoms with Crippen molar-refractivity contribution in [1.29, 1.82) is 0 Å². The van der Waals surface area contributed by atoms with E-state index < -0.39 is 0 Å². The van der Waals surface area contributed by atoms with Crippen LogP contribution in [-0.2, 0) is 12.8 Å². The van der Waals surface area contributed by atoms with Crippen molar-refractivity contribution >= 4 is 67.5 Å². The van der Waals surface area contributed by atoms with E-state index in [1.807, 2.05) is 30.6 Å². The minimum Gasteiger partial charge on any atom is -0.484 e. The van der Waals surface area contributed by atoms with E-state index in [1.165, 1.54) is 43.5 Å². The highest BCUT2D eigenvalue weighted by Crippen LogP contribution is 2.43. The molecular formula is C33H27BrClNOS. The number of ether oxygens (including phenoxy) is 1. The van der Waals surface area contributed by atoms with Crippen LogP contribution in [0.1, 0.15) is 34.9 Å². The second kappa shape index (κ2) is 11.1. The zero-order valence-corrected chi connectivity index (χ0v) is 24.2. The molecule has 0 bridgehead atoms. The fourth-order valence-corrected chi connectivity index (χ4v) is 6.82. The third-order valence-corrected chi connectivity index (χ3v) is 9.59. The molecule has 0 saturated carbocycles. The highest BCUT2D eigenvalue weighted by molar-refractivity contribution is 9.10. The van der Waals surface area contributed by atoms with Gasteiger partial charge in [0.1, 0.15) is 11.9 Å². The topological polar surface area (TPSA) is 21.6 Å². The van der Waals surface area contributed by atoms with Crippen molar-refractivity contribution in [3.63, 3.8) is 0 Å². The zero-order chi connectivity index (χ0) is 26.1. The molecule has 2 atom stereocenters. The van der Waals surface area contributed by atoms with Crippen LogP contribution in [0.5, 0.6) is 5.75 Å². The van der Waals surface area contributed by atoms with Gasteiger partial charge in [-0.2, -0.15) is 0 Å². The van der Waals surface area contributed by atoms with Gasteiger partial charge < -0.3 is 4.74 Å². The Kier molecular flexibility index (Phi) is 7.38. The molecule has 1 aromatic heterocycles. The molecule has 7 rings (SSSR count). The van der Waals surface area contributed by atoms with Gasteiger partial charge in [0.25, 0.3) is 0 Å². The Morgan fingerprint density at radius 3 is 2.82 bits per heavy atom. The van der Waals surface area contributed by atoms with Crippen LogP contribution >= 0.6 is 38.9 Å². The van der Waals surface area contributed by atoms with Crippen molar-refractivity contribution in [2.75, 3.05) is 0 Å². The maximum atomic E-state index is 6.39. The molecule has 0 saturated heterocycles. The largest absolute Gasteiger partial charge is 0.484 e. The maximum Gasteiger partial charge on any atom is 0.139 e. The smallest absolute Gasteiger partial charge is 0.139 e. The summed E-state index contributed by atoms with van der Waals surface area (Å²) in [5.41, 5.74) is 7.11. The van der Waals surface area contributed by atoms with Crippen LogP contribution in [0.2, 0.25) is 5.02 Å². The lowest BCUT2D eigenvalue weighted by Gasteiger charge is -2.33. The number of allylic oxidation sites excluding steroid dienone is 2. The van der Waals surface area contributed by atoms with Gasteiger partial charge in [0.05, 0.1) is 5.02 Å². The minimum absolute atomic E-state index is 0.00927. The molecule has 4 aromatic rings. The van der Waals surface area contributed by atoms with E-state index in [4.69, 9.17) is 16.3 Å². The van der Waals surface area contributed by atoms with Gasteiger partial charge in [-0.1, -0.05) is 72.6 Å². The number of hydrogen-bond donors (Lipinski definition) is 0. The van der Waals surface area contributed by atoms with Crippen LogP contribution in [0.4, 0.5) is 0 Å². The predicted octanol–water partition coefficient (Wildman–Crippen LogP) is 9.95. The molecule has 0 amide bonds. The Hall–Kier alpha value is -2.92. The number of fused-ring (bicyclic) bond motifs is 5. The van der Waals surface area contributed by atoms with Gasteiger partial charge in [0.2, 0.25) is 0 Å². The van der Waals surface area contributed by atoms with E-state index in [2.05, 4.69) is 93.9 Å². The molecule has 2 heterocycles. The lowest BCUT2D eigenvalue weighted by molar-refractivity contribution is 0.244. The van der Waals surface area contributed by atoms with Gasteiger partial charge in [-0.3, -0.25) is 4.99 Å². The van der Waals surface area contributed by atoms with Gasteiger partial charge in [-0.25, -0.2) is 0 Å². The normalized spacial score (nSPS) is 19.2. The first-order valence-electron chi connectivity index (χ1n) is 12.9. The second-order valence-electron chi connectivity index (χ2n) is 9.79. The first-order chi connectivity index (χ1) is 18.6. The summed E-state index contributed by atoms with van der Waals surface area (Å²) in [6, 6.07) is 21.2. The number of nitrogens with zero attached hydrogens (tertiary/aromatic N) is 1. The summed E-state index contributed by atoms with van der Waals surface area (Å²) in [6.45, 7) is 2.34. The first kappa shape index (κ1) is 25.4. The Balaban J connectivity index is 0.000000221. The van der Waals surface area contributed by atoms with E-state index in [-0.39, 0.29) is 6.10 Å². The highest BCUT2D eigenvalue weighted by atomic mass is 79.9. The molecule has 190 valence electrons. The monoisotopic (exact) mass is 599 g/mol. The van der Waals surface area contributed by atoms with Crippen molar-refractivity contribution in [2.24, 2.45) is 10.9 Å². The van der Waals surface area contributed by atoms with Gasteiger partial charge in [0.15, 0.2) is 0 Å². The summed E-state index contributed by atoms with van der Waals surface area (Å²) in [6.07, 6.45) is 13.2. The molecule has 3 aromatic carbocycles. The van der Waals surface area contributed by atoms with Gasteiger partial charge in [-0.05, 0) is 97.0 Å². The van der Waals surface area contributed by atoms with Crippen LogP contribution in [0.3, 0.4) is 0 Å². The molecule has 5 heteroatoms. The van der Waals surface area contributed by atoms with E-state index >= 15 is 0 Å². The number of halogens is 2. The van der Waals surface area contributed by atoms with Crippen LogP contribution in [-0.4, -0.2) is 12.3 Å². The van der Waals surface area contributed by atoms with Crippen LogP contribution < -0.4 is 4.74 Å². The van der Waals surface area contributed by atoms with E-state index in [0.29, 0.717) is 10.9 Å². The Labute approximate surface area is 241 Å². The lowest BCUT2D eigenvalue weighted by Crippen LogP contribution is -2.24. The molecule has 0 radical (unpaired) electrons. The number of hydrogen-bond acceptors (Lipinski definition) is 3. The molecule has 38 heavy (non-hydrogen) atoms. The highest BCUT2D eigenvalue weighted by Gasteiger charge is 2.29. The van der Waals surface area contributed by atoms with E-state index in [9.17, 15) is 0 Å². The number of rotatable bonds is 2. The zero-order valence-electron chi connectivity index (χ0n) is 21.0. The summed E-state index contributed by atoms with van der Waals surface area (Å²) in [5, 5.41) is 5.45. The Morgan fingerprint density at radius 1 is 1.00 bits per heavy atom. The summed E-state index contributed by atoms with van der Waals surface area (Å²) in [4.78, 5) is 5.40. The molecular weight excluding hydrogens is 574 g/mol. The van der Waals surface area contributed by atoms with Gasteiger partial charge in [-0.15, -0.1) is 11.3 Å². The maximum absolute atomic E-state index is 6.39. The summed E-state index contributed by atoms with van der Waals surface area (Å²) in [7, 11) is 0. The Morgan fingerprint density at radius 2 is 1.89 bits per heavy atom. The summed E-state index contributed by atoms with van der Waals surface area (Å²) in [5.74, 6) is 1.23. The third kappa shape index (κ3) is 5.05. The lowest BCUT2D eigenvalue weighted by atomic mass is 9.74. The molecule has 0 spiro atoms. The van der Waals surface area contributed by atoms with E-state index in [0.717, 1.165) is 29.5 Å². The molecule has 2 unspecified atom stereocenters. The fourth-order valence-electron chi connectivity index (χ4n) is 5.48. The van der Waals surface area contributed by atoms with Crippen LogP contribution in [0.25, 0.3) is 22.4 Å². The summed E-state index contributed by atoms with van der Waals surface area (Å²) >= 11 is 11.6. The standard InChI is InChI=1S/C25H20BrClO.C8H7NS/c1-15-13-22-18-6-3-2-5-16(18)9-11-20(22)19-12-10-17(14-21(15)19)28-24-8-4-7-23(26)25(24)27;1-4-9-5-2-8-7(1)3-6-10-8/h2-12,15,17H,13-14H2,1H3;2-6H,1H2. The Bertz CT molecular complexity index is 1630. The average molecular weight is 601 g/mol. The van der Waals surface area contributed by atoms with Gasteiger partial charge >= 0.3 is 0 Å². The quantitative estimate of drug-likeness (QED) is 0.224. The second-order valence-corrected chi connectivity index (χ2v) is 12.0. The molecule has 0 fully saturated rings. The SMILES string of the molecule is C1=Cc2sccc2CC=N1.CC1Cc2c(ccc3ccccc23)C2=C1CC(Oc1cccc(Br)c1Cl)C=C2. The molecule has 3 aliphatic rings. The first-order valence-corrected chi connectivity index (χ1v) is 14.9. The van der Waals surface area contributed by atoms with Crippen molar-refractivity contribution in [3.05, 3.63) is 121 Å². The third-order valence-electron chi connectivity index (χ3n) is 7.38. The molecule has 0 N–H and O–H groups in total. The minimum atomic E-state index is 0.00927. The summed E-state index contributed by atoms with van der Waals surface area (Å²) < 4.78 is 7.10. The average Bonchev–Trinajstić information content (AvgIpc) is 3.27. The molecule has 1 aliphatic heterocycles. The number of thiophene rings is 1. The van der Waals surface area contributed by atoms with E-state index in [1.54, 1.807) is 11.3 Å². The van der Waals surface area contributed by atoms with Crippen molar-refractivity contribution in [1.82, 2.24) is 0 Å². The van der Waals surface area contributed by atoms with Crippen molar-refractivity contribution in [3.8, 4) is 5.75 Å². The number of benzene rings is 3. The predicted molar refractivity (Wildman–Crippen MR) is 167 cm³/mol. The van der Waals surface area contributed by atoms with Crippen molar-refractivity contribution < 1.29 is 4.74 Å². The van der Waals surface area contributed by atoms with Gasteiger partial charge in [0, 0.05) is 34.6 Å². The molecule has 2 nitrogen and oxygen atoms in total. The van der Waals surface area contributed by atoms with Crippen LogP contribution in [0.15, 0.2) is 99.4 Å².